The number of aromatic nitrogens is 2. The van der Waals surface area contributed by atoms with E-state index in [1.807, 2.05) is 0 Å². The molecule has 1 aromatic carbocycles. The summed E-state index contributed by atoms with van der Waals surface area (Å²) in [6, 6.07) is 10.1. The Kier molecular flexibility index (Phi) is 4.90. The van der Waals surface area contributed by atoms with Crippen LogP contribution in [0.5, 0.6) is 5.75 Å². The number of carbonyl (C=O) groups is 2. The lowest BCUT2D eigenvalue weighted by atomic mass is 10.2. The smallest absolute Gasteiger partial charge is 0.441 e. The summed E-state index contributed by atoms with van der Waals surface area (Å²) in [5.74, 6) is 0.205. The van der Waals surface area contributed by atoms with Gasteiger partial charge in [0.2, 0.25) is 5.69 Å². The number of furan rings is 1. The lowest BCUT2D eigenvalue weighted by Crippen LogP contribution is -2.53. The summed E-state index contributed by atoms with van der Waals surface area (Å²) < 4.78 is 16.4. The number of H-pyrrole nitrogens is 1. The van der Waals surface area contributed by atoms with Crippen LogP contribution in [0.3, 0.4) is 0 Å². The van der Waals surface area contributed by atoms with Crippen LogP contribution in [0.25, 0.3) is 5.69 Å². The van der Waals surface area contributed by atoms with Crippen LogP contribution in [0.15, 0.2) is 56.4 Å². The van der Waals surface area contributed by atoms with E-state index in [9.17, 15) is 14.4 Å². The minimum atomic E-state index is -0.764. The Bertz CT molecular complexity index is 1060. The number of amides is 2. The molecular formula is C19H19N4O6+. The fourth-order valence-corrected chi connectivity index (χ4v) is 3.19. The van der Waals surface area contributed by atoms with Crippen LogP contribution in [0, 0.1) is 0 Å². The summed E-state index contributed by atoms with van der Waals surface area (Å²) in [5, 5.41) is 2.46. The number of ether oxygens (including phenoxy) is 1. The van der Waals surface area contributed by atoms with E-state index in [0.29, 0.717) is 37.6 Å². The molecule has 1 saturated heterocycles. The van der Waals surface area contributed by atoms with E-state index in [4.69, 9.17) is 13.7 Å². The molecule has 150 valence electrons. The number of hydrogen-bond donors (Lipinski definition) is 1. The summed E-state index contributed by atoms with van der Waals surface area (Å²) in [6.45, 7) is 1.25. The third kappa shape index (κ3) is 3.51. The van der Waals surface area contributed by atoms with Crippen LogP contribution in [0.2, 0.25) is 0 Å². The van der Waals surface area contributed by atoms with Crippen LogP contribution in [-0.2, 0) is 0 Å². The van der Waals surface area contributed by atoms with Crippen molar-refractivity contribution < 1.29 is 27.9 Å². The normalized spacial score (nSPS) is 14.1. The first kappa shape index (κ1) is 18.5. The molecule has 3 aromatic rings. The molecule has 1 aliphatic heterocycles. The van der Waals surface area contributed by atoms with Gasteiger partial charge in [-0.05, 0) is 34.2 Å². The molecule has 2 amide bonds. The molecule has 1 N–H and O–H groups in total. The number of piperazine rings is 1. The van der Waals surface area contributed by atoms with Crippen molar-refractivity contribution in [2.75, 3.05) is 33.3 Å². The SMILES string of the molecule is COc1ccc(-[n+]2[nH]oc(=O)c2C(=O)N2CCN(C(=O)c3ccco3)CC2)cc1. The molecule has 10 heteroatoms. The Balaban J connectivity index is 1.50. The quantitative estimate of drug-likeness (QED) is 0.637. The number of hydrogen-bond acceptors (Lipinski definition) is 6. The van der Waals surface area contributed by atoms with Crippen LogP contribution >= 0.6 is 0 Å². The van der Waals surface area contributed by atoms with Crippen molar-refractivity contribution in [1.82, 2.24) is 15.1 Å². The Hall–Kier alpha value is -3.82. The first-order valence-corrected chi connectivity index (χ1v) is 8.98. The van der Waals surface area contributed by atoms with Gasteiger partial charge >= 0.3 is 17.2 Å². The topological polar surface area (TPSA) is 113 Å². The Morgan fingerprint density at radius 3 is 2.28 bits per heavy atom. The molecule has 1 fully saturated rings. The maximum Gasteiger partial charge on any atom is 0.441 e. The molecule has 0 spiro atoms. The van der Waals surface area contributed by atoms with Gasteiger partial charge in [-0.15, -0.1) is 0 Å². The van der Waals surface area contributed by atoms with E-state index in [2.05, 4.69) is 5.27 Å². The van der Waals surface area contributed by atoms with Crippen LogP contribution in [0.1, 0.15) is 21.0 Å². The van der Waals surface area contributed by atoms with Gasteiger partial charge in [-0.2, -0.15) is 0 Å². The molecular weight excluding hydrogens is 380 g/mol. The van der Waals surface area contributed by atoms with E-state index in [-0.39, 0.29) is 17.4 Å². The molecule has 0 aliphatic carbocycles. The van der Waals surface area contributed by atoms with Crippen molar-refractivity contribution in [1.29, 1.82) is 0 Å². The molecule has 2 aromatic heterocycles. The van der Waals surface area contributed by atoms with Gasteiger partial charge in [0.25, 0.3) is 5.91 Å². The average Bonchev–Trinajstić information content (AvgIpc) is 3.43. The Morgan fingerprint density at radius 1 is 1.03 bits per heavy atom. The number of nitrogens with one attached hydrogen (secondary N) is 1. The van der Waals surface area contributed by atoms with Crippen molar-refractivity contribution >= 4 is 11.8 Å². The minimum Gasteiger partial charge on any atom is -0.497 e. The van der Waals surface area contributed by atoms with Crippen LogP contribution < -0.4 is 15.0 Å². The molecule has 0 saturated carbocycles. The molecule has 0 bridgehead atoms. The van der Waals surface area contributed by atoms with Gasteiger partial charge in [0.05, 0.1) is 13.4 Å². The second-order valence-electron chi connectivity index (χ2n) is 6.42. The first-order chi connectivity index (χ1) is 14.1. The monoisotopic (exact) mass is 399 g/mol. The summed E-state index contributed by atoms with van der Waals surface area (Å²) in [4.78, 5) is 40.6. The fourth-order valence-electron chi connectivity index (χ4n) is 3.19. The molecule has 0 atom stereocenters. The van der Waals surface area contributed by atoms with Gasteiger partial charge in [-0.3, -0.25) is 14.1 Å². The highest BCUT2D eigenvalue weighted by molar-refractivity contribution is 5.92. The number of rotatable bonds is 4. The van der Waals surface area contributed by atoms with Crippen LogP contribution in [-0.4, -0.2) is 60.2 Å². The lowest BCUT2D eigenvalue weighted by Gasteiger charge is -2.33. The summed E-state index contributed by atoms with van der Waals surface area (Å²) in [6.07, 6.45) is 1.44. The molecule has 0 radical (unpaired) electrons. The highest BCUT2D eigenvalue weighted by atomic mass is 16.5. The number of methoxy groups -OCH3 is 1. The van der Waals surface area contributed by atoms with Gasteiger partial charge in [0, 0.05) is 38.3 Å². The third-order valence-corrected chi connectivity index (χ3v) is 4.77. The van der Waals surface area contributed by atoms with Crippen molar-refractivity contribution in [2.45, 2.75) is 0 Å². The van der Waals surface area contributed by atoms with E-state index >= 15 is 0 Å². The number of aromatic amines is 1. The van der Waals surface area contributed by atoms with Gasteiger partial charge in [-0.25, -0.2) is 4.79 Å². The summed E-state index contributed by atoms with van der Waals surface area (Å²) in [5.41, 5.74) is -0.354. The highest BCUT2D eigenvalue weighted by Gasteiger charge is 2.36. The maximum absolute atomic E-state index is 13.0. The average molecular weight is 399 g/mol. The Morgan fingerprint density at radius 2 is 1.69 bits per heavy atom. The van der Waals surface area contributed by atoms with Crippen molar-refractivity contribution in [3.05, 3.63) is 64.5 Å². The minimum absolute atomic E-state index is 0.138. The number of nitrogens with zero attached hydrogens (tertiary/aromatic N) is 3. The lowest BCUT2D eigenvalue weighted by molar-refractivity contribution is -0.672. The summed E-state index contributed by atoms with van der Waals surface area (Å²) in [7, 11) is 1.55. The maximum atomic E-state index is 13.0. The van der Waals surface area contributed by atoms with E-state index in [1.54, 1.807) is 48.4 Å². The van der Waals surface area contributed by atoms with Gasteiger partial charge in [-0.1, -0.05) is 0 Å². The third-order valence-electron chi connectivity index (χ3n) is 4.77. The Labute approximate surface area is 164 Å². The molecule has 10 nitrogen and oxygen atoms in total. The van der Waals surface area contributed by atoms with Gasteiger partial charge < -0.3 is 19.0 Å². The highest BCUT2D eigenvalue weighted by Crippen LogP contribution is 2.13. The zero-order valence-corrected chi connectivity index (χ0v) is 15.7. The predicted octanol–water partition coefficient (Wildman–Crippen LogP) is 0.444. The largest absolute Gasteiger partial charge is 0.497 e. The zero-order chi connectivity index (χ0) is 20.4. The number of carbonyl (C=O) groups excluding carboxylic acids is 2. The van der Waals surface area contributed by atoms with E-state index in [1.165, 1.54) is 15.8 Å². The standard InChI is InChI=1S/C19H18N4O6/c1-27-14-6-4-13(5-7-14)23-16(19(26)29-20-23)18(25)22-10-8-21(9-11-22)17(24)15-3-2-12-28-15/h2-7,12H,8-11H2,1H3/p+1. The summed E-state index contributed by atoms with van der Waals surface area (Å²) >= 11 is 0. The second-order valence-corrected chi connectivity index (χ2v) is 6.42. The molecule has 29 heavy (non-hydrogen) atoms. The van der Waals surface area contributed by atoms with Crippen molar-refractivity contribution in [3.8, 4) is 11.4 Å². The van der Waals surface area contributed by atoms with Crippen molar-refractivity contribution in [3.63, 3.8) is 0 Å². The molecule has 3 heterocycles. The van der Waals surface area contributed by atoms with Gasteiger partial charge in [0.1, 0.15) is 5.75 Å². The second kappa shape index (κ2) is 7.66. The number of benzene rings is 1. The molecule has 1 aliphatic rings. The fraction of sp³-hybridized carbons (Fsp3) is 0.263. The van der Waals surface area contributed by atoms with Gasteiger partial charge in [0.15, 0.2) is 5.76 Å². The van der Waals surface area contributed by atoms with E-state index < -0.39 is 11.5 Å². The van der Waals surface area contributed by atoms with Crippen LogP contribution in [0.4, 0.5) is 0 Å². The molecule has 0 unspecified atom stereocenters. The predicted molar refractivity (Wildman–Crippen MR) is 97.9 cm³/mol. The molecule has 4 rings (SSSR count). The zero-order valence-electron chi connectivity index (χ0n) is 15.7. The first-order valence-electron chi connectivity index (χ1n) is 8.98. The van der Waals surface area contributed by atoms with E-state index in [0.717, 1.165) is 0 Å². The van der Waals surface area contributed by atoms with Crippen molar-refractivity contribution in [2.24, 2.45) is 0 Å².